The Kier molecular flexibility index (Phi) is 3.95. The highest BCUT2D eigenvalue weighted by molar-refractivity contribution is 6.30. The maximum Gasteiger partial charge on any atom is 0.141 e. The van der Waals surface area contributed by atoms with Gasteiger partial charge in [0.05, 0.1) is 11.6 Å². The van der Waals surface area contributed by atoms with Crippen LogP contribution in [0, 0.1) is 5.82 Å². The van der Waals surface area contributed by atoms with Crippen LogP contribution in [0.15, 0.2) is 53.5 Å². The highest BCUT2D eigenvalue weighted by Gasteiger charge is 2.01. The van der Waals surface area contributed by atoms with Crippen LogP contribution in [0.5, 0.6) is 0 Å². The number of nitrogens with zero attached hydrogens (tertiary/aromatic N) is 1. The normalized spacial score (nSPS) is 11.6. The van der Waals surface area contributed by atoms with Gasteiger partial charge in [-0.2, -0.15) is 0 Å². The minimum Gasteiger partial charge on any atom is -0.383 e. The molecule has 0 saturated heterocycles. The van der Waals surface area contributed by atoms with Crippen molar-refractivity contribution >= 4 is 17.4 Å². The summed E-state index contributed by atoms with van der Waals surface area (Å²) in [5.41, 5.74) is 7.54. The zero-order chi connectivity index (χ0) is 13.0. The Morgan fingerprint density at radius 3 is 2.56 bits per heavy atom. The van der Waals surface area contributed by atoms with E-state index in [0.29, 0.717) is 12.4 Å². The first-order valence-electron chi connectivity index (χ1n) is 5.46. The van der Waals surface area contributed by atoms with Gasteiger partial charge in [0, 0.05) is 5.56 Å². The number of nitrogens with two attached hydrogens (primary N) is 1. The molecule has 18 heavy (non-hydrogen) atoms. The average Bonchev–Trinajstić information content (AvgIpc) is 2.41. The van der Waals surface area contributed by atoms with Gasteiger partial charge in [-0.05, 0) is 17.7 Å². The fraction of sp³-hybridized carbons (Fsp3) is 0.0714. The predicted octanol–water partition coefficient (Wildman–Crippen LogP) is 3.38. The van der Waals surface area contributed by atoms with Gasteiger partial charge in [-0.25, -0.2) is 4.39 Å². The lowest BCUT2D eigenvalue weighted by molar-refractivity contribution is 0.627. The third-order valence-corrected chi connectivity index (χ3v) is 2.78. The van der Waals surface area contributed by atoms with E-state index < -0.39 is 5.82 Å². The van der Waals surface area contributed by atoms with E-state index in [1.54, 1.807) is 12.1 Å². The van der Waals surface area contributed by atoms with Crippen molar-refractivity contribution in [3.8, 4) is 0 Å². The fourth-order valence-corrected chi connectivity index (χ4v) is 1.72. The molecular weight excluding hydrogens is 251 g/mol. The molecule has 0 fully saturated rings. The number of amidine groups is 1. The van der Waals surface area contributed by atoms with Gasteiger partial charge in [-0.15, -0.1) is 0 Å². The van der Waals surface area contributed by atoms with Gasteiger partial charge in [0.15, 0.2) is 0 Å². The van der Waals surface area contributed by atoms with Gasteiger partial charge < -0.3 is 5.73 Å². The van der Waals surface area contributed by atoms with Crippen LogP contribution in [0.2, 0.25) is 5.02 Å². The van der Waals surface area contributed by atoms with E-state index in [2.05, 4.69) is 4.99 Å². The van der Waals surface area contributed by atoms with Crippen molar-refractivity contribution in [2.75, 3.05) is 0 Å². The molecule has 0 aromatic heterocycles. The Morgan fingerprint density at radius 1 is 1.17 bits per heavy atom. The van der Waals surface area contributed by atoms with Crippen molar-refractivity contribution in [2.24, 2.45) is 10.7 Å². The fourth-order valence-electron chi connectivity index (χ4n) is 1.51. The van der Waals surface area contributed by atoms with Gasteiger partial charge >= 0.3 is 0 Å². The Balaban J connectivity index is 2.13. The van der Waals surface area contributed by atoms with Crippen LogP contribution in [0.3, 0.4) is 0 Å². The molecule has 0 atom stereocenters. The Hall–Kier alpha value is -1.87. The van der Waals surface area contributed by atoms with Crippen molar-refractivity contribution in [3.63, 3.8) is 0 Å². The van der Waals surface area contributed by atoms with Gasteiger partial charge in [0.1, 0.15) is 11.7 Å². The van der Waals surface area contributed by atoms with Gasteiger partial charge in [0.2, 0.25) is 0 Å². The first kappa shape index (κ1) is 12.6. The highest BCUT2D eigenvalue weighted by atomic mass is 35.5. The summed E-state index contributed by atoms with van der Waals surface area (Å²) in [7, 11) is 0. The minimum atomic E-state index is -0.430. The molecule has 2 rings (SSSR count). The molecule has 0 aliphatic rings. The largest absolute Gasteiger partial charge is 0.383 e. The van der Waals surface area contributed by atoms with Crippen LogP contribution >= 0.6 is 11.6 Å². The van der Waals surface area contributed by atoms with E-state index in [9.17, 15) is 4.39 Å². The van der Waals surface area contributed by atoms with Gasteiger partial charge in [-0.3, -0.25) is 4.99 Å². The van der Waals surface area contributed by atoms with E-state index in [4.69, 9.17) is 17.3 Å². The van der Waals surface area contributed by atoms with Crippen molar-refractivity contribution < 1.29 is 4.39 Å². The third kappa shape index (κ3) is 3.08. The second-order valence-corrected chi connectivity index (χ2v) is 4.22. The summed E-state index contributed by atoms with van der Waals surface area (Å²) in [4.78, 5) is 4.25. The number of benzene rings is 2. The molecule has 0 heterocycles. The molecule has 0 amide bonds. The lowest BCUT2D eigenvalue weighted by atomic mass is 10.2. The van der Waals surface area contributed by atoms with E-state index in [0.717, 1.165) is 11.1 Å². The molecule has 4 heteroatoms. The second kappa shape index (κ2) is 5.65. The summed E-state index contributed by atoms with van der Waals surface area (Å²) in [6.07, 6.45) is 0. The van der Waals surface area contributed by atoms with Crippen LogP contribution in [-0.4, -0.2) is 5.84 Å². The molecule has 0 aliphatic heterocycles. The summed E-state index contributed by atoms with van der Waals surface area (Å²) < 4.78 is 13.0. The highest BCUT2D eigenvalue weighted by Crippen LogP contribution is 2.16. The topological polar surface area (TPSA) is 38.4 Å². The minimum absolute atomic E-state index is 0.0981. The molecule has 2 aromatic carbocycles. The molecule has 2 nitrogen and oxygen atoms in total. The van der Waals surface area contributed by atoms with Crippen molar-refractivity contribution in [2.45, 2.75) is 6.54 Å². The average molecular weight is 263 g/mol. The Bertz CT molecular complexity index is 567. The van der Waals surface area contributed by atoms with Crippen molar-refractivity contribution in [1.82, 2.24) is 0 Å². The maximum atomic E-state index is 13.0. The first-order valence-corrected chi connectivity index (χ1v) is 5.84. The summed E-state index contributed by atoms with van der Waals surface area (Å²) in [5.74, 6) is 0.0245. The van der Waals surface area contributed by atoms with E-state index in [1.165, 1.54) is 6.07 Å². The Labute approximate surface area is 110 Å². The van der Waals surface area contributed by atoms with Crippen molar-refractivity contribution in [1.29, 1.82) is 0 Å². The smallest absolute Gasteiger partial charge is 0.141 e. The van der Waals surface area contributed by atoms with Gasteiger partial charge in [-0.1, -0.05) is 48.0 Å². The standard InChI is InChI=1S/C14H12ClFN2/c15-12-8-10(6-7-13(12)16)9-18-14(17)11-4-2-1-3-5-11/h1-8H,9H2,(H2,17,18). The molecular formula is C14H12ClFN2. The zero-order valence-corrected chi connectivity index (χ0v) is 10.4. The number of halogens is 2. The second-order valence-electron chi connectivity index (χ2n) is 3.82. The van der Waals surface area contributed by atoms with Crippen LogP contribution in [0.1, 0.15) is 11.1 Å². The molecule has 0 spiro atoms. The SMILES string of the molecule is NC(=NCc1ccc(F)c(Cl)c1)c1ccccc1. The summed E-state index contributed by atoms with van der Waals surface area (Å²) >= 11 is 5.69. The maximum absolute atomic E-state index is 13.0. The molecule has 0 saturated carbocycles. The summed E-state index contributed by atoms with van der Waals surface area (Å²) in [5, 5.41) is 0.0981. The number of aliphatic imine (C=N–C) groups is 1. The number of rotatable bonds is 3. The van der Waals surface area contributed by atoms with Gasteiger partial charge in [0.25, 0.3) is 0 Å². The number of hydrogen-bond acceptors (Lipinski definition) is 1. The monoisotopic (exact) mass is 262 g/mol. The molecule has 0 bridgehead atoms. The predicted molar refractivity (Wildman–Crippen MR) is 72.3 cm³/mol. The lowest BCUT2D eigenvalue weighted by Gasteiger charge is -2.02. The van der Waals surface area contributed by atoms with Crippen molar-refractivity contribution in [3.05, 3.63) is 70.5 Å². The summed E-state index contributed by atoms with van der Waals surface area (Å²) in [6, 6.07) is 14.0. The molecule has 2 aromatic rings. The number of hydrogen-bond donors (Lipinski definition) is 1. The van der Waals surface area contributed by atoms with E-state index >= 15 is 0 Å². The first-order chi connectivity index (χ1) is 8.66. The molecule has 0 aliphatic carbocycles. The molecule has 0 radical (unpaired) electrons. The summed E-state index contributed by atoms with van der Waals surface area (Å²) in [6.45, 7) is 0.376. The van der Waals surface area contributed by atoms with Crippen LogP contribution < -0.4 is 5.73 Å². The molecule has 0 unspecified atom stereocenters. The van der Waals surface area contributed by atoms with Crippen LogP contribution in [0.25, 0.3) is 0 Å². The third-order valence-electron chi connectivity index (χ3n) is 2.49. The molecule has 2 N–H and O–H groups in total. The lowest BCUT2D eigenvalue weighted by Crippen LogP contribution is -2.13. The quantitative estimate of drug-likeness (QED) is 0.668. The van der Waals surface area contributed by atoms with E-state index in [-0.39, 0.29) is 5.02 Å². The zero-order valence-electron chi connectivity index (χ0n) is 9.61. The molecule has 92 valence electrons. The van der Waals surface area contributed by atoms with Crippen LogP contribution in [0.4, 0.5) is 4.39 Å². The Morgan fingerprint density at radius 2 is 1.89 bits per heavy atom. The van der Waals surface area contributed by atoms with E-state index in [1.807, 2.05) is 30.3 Å². The van der Waals surface area contributed by atoms with Crippen LogP contribution in [-0.2, 0) is 6.54 Å².